The Hall–Kier alpha value is -0.470. The molecule has 0 spiro atoms. The predicted octanol–water partition coefficient (Wildman–Crippen LogP) is 3.16. The van der Waals surface area contributed by atoms with Crippen LogP contribution in [0.5, 0.6) is 0 Å². The minimum atomic E-state index is 0.624. The lowest BCUT2D eigenvalue weighted by Gasteiger charge is -2.19. The molecule has 0 saturated carbocycles. The van der Waals surface area contributed by atoms with Gasteiger partial charge in [-0.1, -0.05) is 44.2 Å². The molecule has 0 aliphatic carbocycles. The number of hydrogen-bond donors (Lipinski definition) is 1. The smallest absolute Gasteiger partial charge is 0.0185 e. The van der Waals surface area contributed by atoms with Crippen molar-refractivity contribution >= 4 is 11.8 Å². The van der Waals surface area contributed by atoms with E-state index in [0.717, 1.165) is 5.75 Å². The average Bonchev–Trinajstić information content (AvgIpc) is 2.25. The van der Waals surface area contributed by atoms with Gasteiger partial charge in [-0.25, -0.2) is 0 Å². The Morgan fingerprint density at radius 1 is 1.20 bits per heavy atom. The number of thioether (sulfide) groups is 1. The molecule has 0 heterocycles. The first kappa shape index (κ1) is 12.6. The molecule has 2 heteroatoms. The van der Waals surface area contributed by atoms with Crippen LogP contribution in [-0.2, 0) is 5.75 Å². The third-order valence-corrected chi connectivity index (χ3v) is 3.72. The van der Waals surface area contributed by atoms with Crippen LogP contribution in [0.2, 0.25) is 0 Å². The lowest BCUT2D eigenvalue weighted by molar-refractivity contribution is 0.465. The Balaban J connectivity index is 2.27. The van der Waals surface area contributed by atoms with Crippen molar-refractivity contribution in [1.82, 2.24) is 5.32 Å². The molecule has 0 saturated heterocycles. The van der Waals surface area contributed by atoms with Crippen LogP contribution in [0.4, 0.5) is 0 Å². The van der Waals surface area contributed by atoms with E-state index in [9.17, 15) is 0 Å². The Kier molecular flexibility index (Phi) is 5.81. The molecule has 1 aromatic carbocycles. The maximum absolute atomic E-state index is 3.37. The van der Waals surface area contributed by atoms with E-state index in [1.54, 1.807) is 0 Å². The summed E-state index contributed by atoms with van der Waals surface area (Å²) in [5.74, 6) is 3.01. The highest BCUT2D eigenvalue weighted by molar-refractivity contribution is 7.98. The molecular formula is C13H21NS. The van der Waals surface area contributed by atoms with Gasteiger partial charge in [0.05, 0.1) is 0 Å². The minimum absolute atomic E-state index is 0.624. The molecule has 1 aromatic rings. The van der Waals surface area contributed by atoms with Gasteiger partial charge < -0.3 is 5.32 Å². The topological polar surface area (TPSA) is 12.0 Å². The van der Waals surface area contributed by atoms with Crippen molar-refractivity contribution in [2.75, 3.05) is 12.8 Å². The molecule has 1 unspecified atom stereocenters. The average molecular weight is 223 g/mol. The van der Waals surface area contributed by atoms with Crippen LogP contribution in [-0.4, -0.2) is 18.8 Å². The zero-order valence-corrected chi connectivity index (χ0v) is 10.7. The molecule has 0 amide bonds. The Morgan fingerprint density at radius 3 is 2.40 bits per heavy atom. The van der Waals surface area contributed by atoms with E-state index >= 15 is 0 Å². The quantitative estimate of drug-likeness (QED) is 0.795. The summed E-state index contributed by atoms with van der Waals surface area (Å²) < 4.78 is 0. The summed E-state index contributed by atoms with van der Waals surface area (Å²) in [6.45, 7) is 4.54. The second-order valence-corrected chi connectivity index (χ2v) is 5.17. The third-order valence-electron chi connectivity index (χ3n) is 2.58. The fourth-order valence-corrected chi connectivity index (χ4v) is 2.84. The number of hydrogen-bond acceptors (Lipinski definition) is 2. The van der Waals surface area contributed by atoms with Gasteiger partial charge in [0.15, 0.2) is 0 Å². The molecule has 84 valence electrons. The van der Waals surface area contributed by atoms with Crippen LogP contribution in [0, 0.1) is 5.92 Å². The van der Waals surface area contributed by atoms with Gasteiger partial charge in [-0.15, -0.1) is 0 Å². The molecular weight excluding hydrogens is 202 g/mol. The van der Waals surface area contributed by atoms with Gasteiger partial charge >= 0.3 is 0 Å². The first-order chi connectivity index (χ1) is 7.24. The van der Waals surface area contributed by atoms with Crippen molar-refractivity contribution in [2.45, 2.75) is 25.6 Å². The van der Waals surface area contributed by atoms with E-state index in [4.69, 9.17) is 0 Å². The lowest BCUT2D eigenvalue weighted by atomic mass is 10.1. The van der Waals surface area contributed by atoms with Crippen molar-refractivity contribution in [3.05, 3.63) is 35.9 Å². The summed E-state index contributed by atoms with van der Waals surface area (Å²) >= 11 is 2.00. The Labute approximate surface area is 97.7 Å². The van der Waals surface area contributed by atoms with Crippen LogP contribution in [0.3, 0.4) is 0 Å². The zero-order chi connectivity index (χ0) is 11.1. The standard InChI is InChI=1S/C13H21NS/c1-11(2)13(14-3)10-15-9-12-7-5-4-6-8-12/h4-8,11,13-14H,9-10H2,1-3H3. The van der Waals surface area contributed by atoms with Crippen molar-refractivity contribution in [2.24, 2.45) is 5.92 Å². The Bertz CT molecular complexity index is 258. The molecule has 1 atom stereocenters. The second kappa shape index (κ2) is 6.91. The van der Waals surface area contributed by atoms with Crippen LogP contribution >= 0.6 is 11.8 Å². The largest absolute Gasteiger partial charge is 0.316 e. The molecule has 0 aliphatic rings. The van der Waals surface area contributed by atoms with Gasteiger partial charge in [0, 0.05) is 17.5 Å². The number of nitrogens with one attached hydrogen (secondary N) is 1. The van der Waals surface area contributed by atoms with Gasteiger partial charge in [-0.05, 0) is 18.5 Å². The van der Waals surface area contributed by atoms with Crippen molar-refractivity contribution in [3.8, 4) is 0 Å². The van der Waals surface area contributed by atoms with Gasteiger partial charge in [-0.2, -0.15) is 11.8 Å². The van der Waals surface area contributed by atoms with Crippen LogP contribution < -0.4 is 5.32 Å². The SMILES string of the molecule is CNC(CSCc1ccccc1)C(C)C. The molecule has 1 rings (SSSR count). The van der Waals surface area contributed by atoms with E-state index in [2.05, 4.69) is 49.5 Å². The van der Waals surface area contributed by atoms with Crippen LogP contribution in [0.25, 0.3) is 0 Å². The monoisotopic (exact) mass is 223 g/mol. The van der Waals surface area contributed by atoms with Gasteiger partial charge in [0.25, 0.3) is 0 Å². The van der Waals surface area contributed by atoms with Crippen molar-refractivity contribution in [1.29, 1.82) is 0 Å². The second-order valence-electron chi connectivity index (χ2n) is 4.14. The van der Waals surface area contributed by atoms with E-state index in [0.29, 0.717) is 12.0 Å². The minimum Gasteiger partial charge on any atom is -0.316 e. The zero-order valence-electron chi connectivity index (χ0n) is 9.86. The highest BCUT2D eigenvalue weighted by Crippen LogP contribution is 2.15. The first-order valence-corrected chi connectivity index (χ1v) is 6.68. The van der Waals surface area contributed by atoms with Crippen molar-refractivity contribution in [3.63, 3.8) is 0 Å². The molecule has 15 heavy (non-hydrogen) atoms. The summed E-state index contributed by atoms with van der Waals surface area (Å²) in [4.78, 5) is 0. The van der Waals surface area contributed by atoms with Crippen LogP contribution in [0.15, 0.2) is 30.3 Å². The molecule has 0 fully saturated rings. The fourth-order valence-electron chi connectivity index (χ4n) is 1.49. The molecule has 1 N–H and O–H groups in total. The van der Waals surface area contributed by atoms with Gasteiger partial charge in [0.2, 0.25) is 0 Å². The number of rotatable bonds is 6. The normalized spacial score (nSPS) is 13.1. The van der Waals surface area contributed by atoms with Gasteiger partial charge in [-0.3, -0.25) is 0 Å². The molecule has 0 aromatic heterocycles. The van der Waals surface area contributed by atoms with Gasteiger partial charge in [0.1, 0.15) is 0 Å². The molecule has 0 radical (unpaired) electrons. The maximum atomic E-state index is 3.37. The van der Waals surface area contributed by atoms with E-state index in [1.807, 2.05) is 18.8 Å². The Morgan fingerprint density at radius 2 is 1.87 bits per heavy atom. The molecule has 1 nitrogen and oxygen atoms in total. The van der Waals surface area contributed by atoms with E-state index in [-0.39, 0.29) is 0 Å². The summed E-state index contributed by atoms with van der Waals surface area (Å²) in [6, 6.07) is 11.3. The molecule has 0 bridgehead atoms. The summed E-state index contributed by atoms with van der Waals surface area (Å²) in [5, 5.41) is 3.37. The van der Waals surface area contributed by atoms with Crippen molar-refractivity contribution < 1.29 is 0 Å². The summed E-state index contributed by atoms with van der Waals surface area (Å²) in [5.41, 5.74) is 1.42. The van der Waals surface area contributed by atoms with Crippen LogP contribution in [0.1, 0.15) is 19.4 Å². The number of benzene rings is 1. The summed E-state index contributed by atoms with van der Waals surface area (Å²) in [6.07, 6.45) is 0. The summed E-state index contributed by atoms with van der Waals surface area (Å²) in [7, 11) is 2.05. The highest BCUT2D eigenvalue weighted by Gasteiger charge is 2.09. The predicted molar refractivity (Wildman–Crippen MR) is 70.3 cm³/mol. The maximum Gasteiger partial charge on any atom is 0.0185 e. The first-order valence-electron chi connectivity index (χ1n) is 5.53. The van der Waals surface area contributed by atoms with E-state index in [1.165, 1.54) is 11.3 Å². The van der Waals surface area contributed by atoms with E-state index < -0.39 is 0 Å². The third kappa shape index (κ3) is 4.72. The highest BCUT2D eigenvalue weighted by atomic mass is 32.2. The molecule has 0 aliphatic heterocycles. The fraction of sp³-hybridized carbons (Fsp3) is 0.538. The lowest BCUT2D eigenvalue weighted by Crippen LogP contribution is -2.32.